The largest absolute Gasteiger partial charge is 0.496 e. The molecule has 0 fully saturated rings. The van der Waals surface area contributed by atoms with Crippen LogP contribution >= 0.6 is 0 Å². The van der Waals surface area contributed by atoms with Crippen LogP contribution in [0.25, 0.3) is 0 Å². The number of rotatable bonds is 7. The summed E-state index contributed by atoms with van der Waals surface area (Å²) in [5.41, 5.74) is 1.07. The molecule has 96 valence electrons. The minimum Gasteiger partial charge on any atom is -0.496 e. The van der Waals surface area contributed by atoms with Crippen LogP contribution in [0, 0.1) is 0 Å². The van der Waals surface area contributed by atoms with Crippen LogP contribution in [0.3, 0.4) is 0 Å². The standard InChI is InChI=1S/C13H21NO3/c1-5-6-14-9-10-7-12(16-3)13(17-4)8-11(10)15-2/h7-8,14H,5-6,9H2,1-4H3. The highest BCUT2D eigenvalue weighted by Crippen LogP contribution is 2.34. The molecule has 0 atom stereocenters. The molecule has 0 aliphatic rings. The first kappa shape index (κ1) is 13.6. The van der Waals surface area contributed by atoms with Crippen LogP contribution in [0.15, 0.2) is 12.1 Å². The van der Waals surface area contributed by atoms with E-state index >= 15 is 0 Å². The molecule has 1 N–H and O–H groups in total. The summed E-state index contributed by atoms with van der Waals surface area (Å²) in [6, 6.07) is 3.79. The first-order valence-corrected chi connectivity index (χ1v) is 5.76. The van der Waals surface area contributed by atoms with Crippen molar-refractivity contribution in [1.29, 1.82) is 0 Å². The molecule has 0 unspecified atom stereocenters. The van der Waals surface area contributed by atoms with Crippen molar-refractivity contribution in [3.63, 3.8) is 0 Å². The minimum atomic E-state index is 0.684. The van der Waals surface area contributed by atoms with E-state index in [0.717, 1.165) is 36.6 Å². The molecular formula is C13H21NO3. The number of benzene rings is 1. The lowest BCUT2D eigenvalue weighted by Crippen LogP contribution is -2.14. The Morgan fingerprint density at radius 1 is 0.941 bits per heavy atom. The van der Waals surface area contributed by atoms with E-state index in [-0.39, 0.29) is 0 Å². The SMILES string of the molecule is CCCNCc1cc(OC)c(OC)cc1OC. The normalized spacial score (nSPS) is 10.1. The highest BCUT2D eigenvalue weighted by Gasteiger charge is 2.11. The second kappa shape index (κ2) is 7.01. The third kappa shape index (κ3) is 3.53. The van der Waals surface area contributed by atoms with Gasteiger partial charge in [-0.1, -0.05) is 6.92 Å². The van der Waals surface area contributed by atoms with E-state index in [1.54, 1.807) is 21.3 Å². The molecule has 0 amide bonds. The third-order valence-corrected chi connectivity index (χ3v) is 2.53. The summed E-state index contributed by atoms with van der Waals surface area (Å²) in [6.45, 7) is 3.88. The second-order valence-corrected chi connectivity index (χ2v) is 3.70. The zero-order valence-corrected chi connectivity index (χ0v) is 11.0. The van der Waals surface area contributed by atoms with Crippen LogP contribution in [0.4, 0.5) is 0 Å². The molecule has 0 saturated carbocycles. The molecule has 4 heteroatoms. The third-order valence-electron chi connectivity index (χ3n) is 2.53. The van der Waals surface area contributed by atoms with Gasteiger partial charge in [-0.2, -0.15) is 0 Å². The van der Waals surface area contributed by atoms with Gasteiger partial charge in [0.2, 0.25) is 0 Å². The van der Waals surface area contributed by atoms with Crippen molar-refractivity contribution in [2.75, 3.05) is 27.9 Å². The molecule has 17 heavy (non-hydrogen) atoms. The number of hydrogen-bond donors (Lipinski definition) is 1. The van der Waals surface area contributed by atoms with Crippen LogP contribution in [0.2, 0.25) is 0 Å². The average molecular weight is 239 g/mol. The van der Waals surface area contributed by atoms with Gasteiger partial charge in [0.1, 0.15) is 5.75 Å². The van der Waals surface area contributed by atoms with Crippen LogP contribution in [0.5, 0.6) is 17.2 Å². The maximum Gasteiger partial charge on any atom is 0.164 e. The van der Waals surface area contributed by atoms with Crippen LogP contribution in [-0.4, -0.2) is 27.9 Å². The van der Waals surface area contributed by atoms with Crippen LogP contribution < -0.4 is 19.5 Å². The summed E-state index contributed by atoms with van der Waals surface area (Å²) >= 11 is 0. The average Bonchev–Trinajstić information content (AvgIpc) is 2.38. The van der Waals surface area contributed by atoms with Gasteiger partial charge < -0.3 is 19.5 Å². The number of methoxy groups -OCH3 is 3. The van der Waals surface area contributed by atoms with E-state index in [1.807, 2.05) is 12.1 Å². The monoisotopic (exact) mass is 239 g/mol. The molecule has 1 aromatic carbocycles. The van der Waals surface area contributed by atoms with E-state index in [9.17, 15) is 0 Å². The topological polar surface area (TPSA) is 39.7 Å². The van der Waals surface area contributed by atoms with Crippen molar-refractivity contribution < 1.29 is 14.2 Å². The van der Waals surface area contributed by atoms with E-state index in [2.05, 4.69) is 12.2 Å². The molecule has 0 aromatic heterocycles. The highest BCUT2D eigenvalue weighted by atomic mass is 16.5. The first-order valence-electron chi connectivity index (χ1n) is 5.76. The molecule has 0 aliphatic carbocycles. The number of nitrogens with one attached hydrogen (secondary N) is 1. The Morgan fingerprint density at radius 2 is 1.53 bits per heavy atom. The lowest BCUT2D eigenvalue weighted by molar-refractivity contribution is 0.347. The van der Waals surface area contributed by atoms with Crippen molar-refractivity contribution in [2.24, 2.45) is 0 Å². The lowest BCUT2D eigenvalue weighted by Gasteiger charge is -2.14. The smallest absolute Gasteiger partial charge is 0.164 e. The molecule has 0 bridgehead atoms. The second-order valence-electron chi connectivity index (χ2n) is 3.70. The molecule has 0 saturated heterocycles. The van der Waals surface area contributed by atoms with E-state index < -0.39 is 0 Å². The van der Waals surface area contributed by atoms with Gasteiger partial charge in [0, 0.05) is 18.2 Å². The summed E-state index contributed by atoms with van der Waals surface area (Å²) < 4.78 is 15.9. The Morgan fingerprint density at radius 3 is 2.06 bits per heavy atom. The summed E-state index contributed by atoms with van der Waals surface area (Å²) in [4.78, 5) is 0. The van der Waals surface area contributed by atoms with Crippen LogP contribution in [-0.2, 0) is 6.54 Å². The quantitative estimate of drug-likeness (QED) is 0.741. The Hall–Kier alpha value is -1.42. The van der Waals surface area contributed by atoms with E-state index in [4.69, 9.17) is 14.2 Å². The fourth-order valence-corrected chi connectivity index (χ4v) is 1.63. The number of hydrogen-bond acceptors (Lipinski definition) is 4. The molecule has 0 aliphatic heterocycles. The van der Waals surface area contributed by atoms with Gasteiger partial charge in [-0.3, -0.25) is 0 Å². The minimum absolute atomic E-state index is 0.684. The summed E-state index contributed by atoms with van der Waals surface area (Å²) in [6.07, 6.45) is 1.11. The predicted molar refractivity (Wildman–Crippen MR) is 68.1 cm³/mol. The van der Waals surface area contributed by atoms with E-state index in [0.29, 0.717) is 5.75 Å². The van der Waals surface area contributed by atoms with Gasteiger partial charge >= 0.3 is 0 Å². The van der Waals surface area contributed by atoms with Crippen molar-refractivity contribution in [1.82, 2.24) is 5.32 Å². The summed E-state index contributed by atoms with van der Waals surface area (Å²) in [5, 5.41) is 3.34. The maximum atomic E-state index is 5.34. The number of ether oxygens (including phenoxy) is 3. The summed E-state index contributed by atoms with van der Waals surface area (Å²) in [5.74, 6) is 2.22. The van der Waals surface area contributed by atoms with Gasteiger partial charge in [0.05, 0.1) is 21.3 Å². The molecule has 0 radical (unpaired) electrons. The van der Waals surface area contributed by atoms with Crippen LogP contribution in [0.1, 0.15) is 18.9 Å². The molecule has 1 rings (SSSR count). The predicted octanol–water partition coefficient (Wildman–Crippen LogP) is 2.21. The Kier molecular flexibility index (Phi) is 5.63. The highest BCUT2D eigenvalue weighted by molar-refractivity contribution is 5.50. The van der Waals surface area contributed by atoms with Gasteiger partial charge in [0.25, 0.3) is 0 Å². The zero-order chi connectivity index (χ0) is 12.7. The first-order chi connectivity index (χ1) is 8.26. The molecule has 0 spiro atoms. The van der Waals surface area contributed by atoms with E-state index in [1.165, 1.54) is 0 Å². The fraction of sp³-hybridized carbons (Fsp3) is 0.538. The zero-order valence-electron chi connectivity index (χ0n) is 11.0. The van der Waals surface area contributed by atoms with Crippen molar-refractivity contribution >= 4 is 0 Å². The maximum absolute atomic E-state index is 5.34. The van der Waals surface area contributed by atoms with Crippen molar-refractivity contribution in [3.8, 4) is 17.2 Å². The Bertz CT molecular complexity index is 353. The Balaban J connectivity index is 2.93. The summed E-state index contributed by atoms with van der Waals surface area (Å²) in [7, 11) is 4.91. The molecule has 0 heterocycles. The van der Waals surface area contributed by atoms with Gasteiger partial charge in [-0.05, 0) is 19.0 Å². The fourth-order valence-electron chi connectivity index (χ4n) is 1.63. The molecular weight excluding hydrogens is 218 g/mol. The van der Waals surface area contributed by atoms with Gasteiger partial charge in [0.15, 0.2) is 11.5 Å². The Labute approximate surface area is 103 Å². The molecule has 4 nitrogen and oxygen atoms in total. The molecule has 1 aromatic rings. The van der Waals surface area contributed by atoms with Gasteiger partial charge in [-0.15, -0.1) is 0 Å². The van der Waals surface area contributed by atoms with Gasteiger partial charge in [-0.25, -0.2) is 0 Å². The van der Waals surface area contributed by atoms with Crippen molar-refractivity contribution in [3.05, 3.63) is 17.7 Å². The van der Waals surface area contributed by atoms with Crippen molar-refractivity contribution in [2.45, 2.75) is 19.9 Å². The lowest BCUT2D eigenvalue weighted by atomic mass is 10.1.